The number of amides is 2. The molecule has 0 aliphatic rings. The topological polar surface area (TPSA) is 68.2 Å². The fourth-order valence-electron chi connectivity index (χ4n) is 1.31. The number of rotatable bonds is 5. The Morgan fingerprint density at radius 1 is 1.62 bits per heavy atom. The third kappa shape index (κ3) is 3.90. The van der Waals surface area contributed by atoms with E-state index in [1.165, 1.54) is 0 Å². The molecule has 0 saturated heterocycles. The Bertz CT molecular complexity index is 349. The Morgan fingerprint density at radius 3 is 2.94 bits per heavy atom. The Balaban J connectivity index is 2.31. The summed E-state index contributed by atoms with van der Waals surface area (Å²) in [7, 11) is 3.42. The zero-order valence-corrected chi connectivity index (χ0v) is 9.91. The van der Waals surface area contributed by atoms with Crippen LogP contribution in [0.15, 0.2) is 6.07 Å². The predicted molar refractivity (Wildman–Crippen MR) is 61.5 cm³/mol. The molecule has 0 fully saturated rings. The van der Waals surface area contributed by atoms with Gasteiger partial charge in [-0.25, -0.2) is 4.79 Å². The summed E-state index contributed by atoms with van der Waals surface area (Å²) < 4.78 is 6.51. The quantitative estimate of drug-likeness (QED) is 0.732. The average Bonchev–Trinajstić information content (AvgIpc) is 2.52. The molecule has 0 atom stereocenters. The molecule has 90 valence electrons. The molecule has 6 heteroatoms. The van der Waals surface area contributed by atoms with E-state index in [1.807, 2.05) is 13.0 Å². The van der Waals surface area contributed by atoms with Crippen molar-refractivity contribution >= 4 is 11.8 Å². The van der Waals surface area contributed by atoms with Crippen LogP contribution in [0.2, 0.25) is 0 Å². The Kier molecular flexibility index (Phi) is 4.78. The molecule has 6 nitrogen and oxygen atoms in total. The number of ether oxygens (including phenoxy) is 1. The fourth-order valence-corrected chi connectivity index (χ4v) is 1.31. The highest BCUT2D eigenvalue weighted by molar-refractivity contribution is 5.88. The molecule has 1 rings (SSSR count). The third-order valence-electron chi connectivity index (χ3n) is 2.05. The Hall–Kier alpha value is -1.56. The first-order chi connectivity index (χ1) is 7.63. The molecule has 16 heavy (non-hydrogen) atoms. The highest BCUT2D eigenvalue weighted by Crippen LogP contribution is 2.07. The van der Waals surface area contributed by atoms with E-state index in [9.17, 15) is 4.79 Å². The number of carbonyl (C=O) groups is 1. The number of urea groups is 1. The van der Waals surface area contributed by atoms with Gasteiger partial charge in [0, 0.05) is 33.4 Å². The molecule has 0 radical (unpaired) electrons. The summed E-state index contributed by atoms with van der Waals surface area (Å²) in [5.41, 5.74) is 0.872. The molecule has 1 aromatic rings. The molecule has 0 aromatic carbocycles. The summed E-state index contributed by atoms with van der Waals surface area (Å²) >= 11 is 0. The SMILES string of the molecule is COCCCNC(=O)Nc1cc(C)nn1C. The van der Waals surface area contributed by atoms with Crippen LogP contribution in [-0.4, -0.2) is 36.1 Å². The van der Waals surface area contributed by atoms with Gasteiger partial charge in [-0.15, -0.1) is 0 Å². The van der Waals surface area contributed by atoms with Crippen LogP contribution >= 0.6 is 0 Å². The van der Waals surface area contributed by atoms with Gasteiger partial charge in [-0.2, -0.15) is 5.10 Å². The summed E-state index contributed by atoms with van der Waals surface area (Å²) in [6.45, 7) is 3.11. The summed E-state index contributed by atoms with van der Waals surface area (Å²) in [5, 5.41) is 9.58. The van der Waals surface area contributed by atoms with Crippen LogP contribution < -0.4 is 10.6 Å². The van der Waals surface area contributed by atoms with E-state index in [-0.39, 0.29) is 6.03 Å². The van der Waals surface area contributed by atoms with Crippen molar-refractivity contribution in [2.75, 3.05) is 25.6 Å². The molecular weight excluding hydrogens is 208 g/mol. The van der Waals surface area contributed by atoms with Gasteiger partial charge in [-0.1, -0.05) is 0 Å². The van der Waals surface area contributed by atoms with Crippen molar-refractivity contribution in [2.24, 2.45) is 7.05 Å². The first kappa shape index (κ1) is 12.5. The lowest BCUT2D eigenvalue weighted by Crippen LogP contribution is -2.30. The van der Waals surface area contributed by atoms with E-state index in [0.29, 0.717) is 19.0 Å². The van der Waals surface area contributed by atoms with Gasteiger partial charge >= 0.3 is 6.03 Å². The van der Waals surface area contributed by atoms with Crippen molar-refractivity contribution in [2.45, 2.75) is 13.3 Å². The molecule has 0 spiro atoms. The number of carbonyl (C=O) groups excluding carboxylic acids is 1. The van der Waals surface area contributed by atoms with E-state index in [2.05, 4.69) is 15.7 Å². The van der Waals surface area contributed by atoms with E-state index in [4.69, 9.17) is 4.74 Å². The van der Waals surface area contributed by atoms with Crippen molar-refractivity contribution in [3.05, 3.63) is 11.8 Å². The highest BCUT2D eigenvalue weighted by Gasteiger charge is 2.05. The second kappa shape index (κ2) is 6.12. The molecule has 0 unspecified atom stereocenters. The van der Waals surface area contributed by atoms with Crippen LogP contribution in [0.5, 0.6) is 0 Å². The lowest BCUT2D eigenvalue weighted by Gasteiger charge is -2.06. The zero-order valence-electron chi connectivity index (χ0n) is 9.91. The first-order valence-electron chi connectivity index (χ1n) is 5.18. The number of aromatic nitrogens is 2. The van der Waals surface area contributed by atoms with Gasteiger partial charge in [0.25, 0.3) is 0 Å². The smallest absolute Gasteiger partial charge is 0.320 e. The van der Waals surface area contributed by atoms with Gasteiger partial charge in [-0.3, -0.25) is 10.00 Å². The van der Waals surface area contributed by atoms with Crippen molar-refractivity contribution < 1.29 is 9.53 Å². The minimum atomic E-state index is -0.223. The Morgan fingerprint density at radius 2 is 2.38 bits per heavy atom. The maximum absolute atomic E-state index is 11.4. The number of nitrogens with zero attached hydrogens (tertiary/aromatic N) is 2. The van der Waals surface area contributed by atoms with Crippen LogP contribution in [0.4, 0.5) is 10.6 Å². The van der Waals surface area contributed by atoms with Crippen LogP contribution in [0, 0.1) is 6.92 Å². The largest absolute Gasteiger partial charge is 0.385 e. The number of aryl methyl sites for hydroxylation is 2. The minimum Gasteiger partial charge on any atom is -0.385 e. The molecule has 1 heterocycles. The van der Waals surface area contributed by atoms with Gasteiger partial charge < -0.3 is 10.1 Å². The zero-order chi connectivity index (χ0) is 12.0. The predicted octanol–water partition coefficient (Wildman–Crippen LogP) is 0.887. The van der Waals surface area contributed by atoms with E-state index >= 15 is 0 Å². The van der Waals surface area contributed by atoms with Crippen LogP contribution in [0.3, 0.4) is 0 Å². The molecule has 2 amide bonds. The number of hydrogen-bond acceptors (Lipinski definition) is 3. The summed E-state index contributed by atoms with van der Waals surface area (Å²) in [5.74, 6) is 0.682. The number of methoxy groups -OCH3 is 1. The number of hydrogen-bond donors (Lipinski definition) is 2. The standard InChI is InChI=1S/C10H18N4O2/c1-8-7-9(14(2)13-8)12-10(15)11-5-4-6-16-3/h7H,4-6H2,1-3H3,(H2,11,12,15). The lowest BCUT2D eigenvalue weighted by atomic mass is 10.4. The second-order valence-electron chi connectivity index (χ2n) is 3.52. The molecule has 2 N–H and O–H groups in total. The average molecular weight is 226 g/mol. The molecule has 1 aromatic heterocycles. The maximum Gasteiger partial charge on any atom is 0.320 e. The van der Waals surface area contributed by atoms with Gasteiger partial charge in [0.2, 0.25) is 0 Å². The third-order valence-corrected chi connectivity index (χ3v) is 2.05. The van der Waals surface area contributed by atoms with Crippen molar-refractivity contribution in [3.8, 4) is 0 Å². The minimum absolute atomic E-state index is 0.223. The number of anilines is 1. The van der Waals surface area contributed by atoms with E-state index < -0.39 is 0 Å². The van der Waals surface area contributed by atoms with Gasteiger partial charge in [-0.05, 0) is 13.3 Å². The monoisotopic (exact) mass is 226 g/mol. The van der Waals surface area contributed by atoms with E-state index in [0.717, 1.165) is 12.1 Å². The highest BCUT2D eigenvalue weighted by atomic mass is 16.5. The molecule has 0 aliphatic heterocycles. The lowest BCUT2D eigenvalue weighted by molar-refractivity contribution is 0.194. The van der Waals surface area contributed by atoms with Crippen molar-refractivity contribution in [3.63, 3.8) is 0 Å². The fraction of sp³-hybridized carbons (Fsp3) is 0.600. The van der Waals surface area contributed by atoms with Crippen LogP contribution in [0.1, 0.15) is 12.1 Å². The first-order valence-corrected chi connectivity index (χ1v) is 5.18. The summed E-state index contributed by atoms with van der Waals surface area (Å²) in [4.78, 5) is 11.4. The van der Waals surface area contributed by atoms with Crippen LogP contribution in [-0.2, 0) is 11.8 Å². The molecule has 0 bridgehead atoms. The molecule has 0 aliphatic carbocycles. The van der Waals surface area contributed by atoms with Gasteiger partial charge in [0.15, 0.2) is 0 Å². The van der Waals surface area contributed by atoms with Crippen molar-refractivity contribution in [1.82, 2.24) is 15.1 Å². The van der Waals surface area contributed by atoms with Crippen molar-refractivity contribution in [1.29, 1.82) is 0 Å². The van der Waals surface area contributed by atoms with Crippen LogP contribution in [0.25, 0.3) is 0 Å². The molecule has 0 saturated carbocycles. The second-order valence-corrected chi connectivity index (χ2v) is 3.52. The maximum atomic E-state index is 11.4. The summed E-state index contributed by atoms with van der Waals surface area (Å²) in [6, 6.07) is 1.59. The Labute approximate surface area is 95.0 Å². The normalized spacial score (nSPS) is 10.2. The van der Waals surface area contributed by atoms with Gasteiger partial charge in [0.05, 0.1) is 5.69 Å². The van der Waals surface area contributed by atoms with E-state index in [1.54, 1.807) is 18.8 Å². The van der Waals surface area contributed by atoms with Gasteiger partial charge in [0.1, 0.15) is 5.82 Å². The summed E-state index contributed by atoms with van der Waals surface area (Å²) in [6.07, 6.45) is 0.800. The molecular formula is C10H18N4O2. The number of nitrogens with one attached hydrogen (secondary N) is 2.